The Balaban J connectivity index is 1.27. The molecule has 1 N–H and O–H groups in total. The zero-order chi connectivity index (χ0) is 39.1. The van der Waals surface area contributed by atoms with Gasteiger partial charge in [0.25, 0.3) is 5.56 Å². The molecule has 56 heavy (non-hydrogen) atoms. The Bertz CT molecular complexity index is 2600. The molecule has 6 aromatic rings. The van der Waals surface area contributed by atoms with Crippen LogP contribution in [0.25, 0.3) is 27.7 Å². The van der Waals surface area contributed by atoms with Gasteiger partial charge in [-0.05, 0) is 90.7 Å². The number of aromatic nitrogens is 4. The Morgan fingerprint density at radius 2 is 1.62 bits per heavy atom. The van der Waals surface area contributed by atoms with E-state index in [1.54, 1.807) is 42.6 Å². The van der Waals surface area contributed by atoms with Crippen LogP contribution < -0.4 is 10.9 Å². The van der Waals surface area contributed by atoms with Crippen molar-refractivity contribution in [1.82, 2.24) is 29.0 Å². The Hall–Kier alpha value is -4.99. The summed E-state index contributed by atoms with van der Waals surface area (Å²) in [7, 11) is -3.87. The largest absolute Gasteiger partial charge is 0.379 e. The minimum absolute atomic E-state index is 0.0117. The molecule has 16 heteroatoms. The molecule has 1 saturated carbocycles. The molecule has 11 nitrogen and oxygen atoms in total. The van der Waals surface area contributed by atoms with Crippen molar-refractivity contribution in [2.24, 2.45) is 0 Å². The molecule has 8 rings (SSSR count). The van der Waals surface area contributed by atoms with Gasteiger partial charge in [0.2, 0.25) is 15.9 Å². The summed E-state index contributed by atoms with van der Waals surface area (Å²) >= 11 is 13.1. The number of benzene rings is 4. The third kappa shape index (κ3) is 7.84. The number of amides is 1. The number of ether oxygens (including phenoxy) is 1. The van der Waals surface area contributed by atoms with E-state index in [-0.39, 0.29) is 72.1 Å². The van der Waals surface area contributed by atoms with Gasteiger partial charge in [0.1, 0.15) is 24.0 Å². The molecule has 2 aromatic heterocycles. The van der Waals surface area contributed by atoms with E-state index < -0.39 is 39.2 Å². The van der Waals surface area contributed by atoms with Crippen LogP contribution in [-0.4, -0.2) is 64.3 Å². The lowest BCUT2D eigenvalue weighted by molar-refractivity contribution is -0.122. The number of hydrogen-bond donors (Lipinski definition) is 1. The normalized spacial score (nSPS) is 15.6. The van der Waals surface area contributed by atoms with Crippen molar-refractivity contribution in [1.29, 1.82) is 0 Å². The number of rotatable bonds is 11. The lowest BCUT2D eigenvalue weighted by atomic mass is 10.0. The quantitative estimate of drug-likeness (QED) is 0.152. The number of nitrogens with one attached hydrogen (secondary N) is 1. The van der Waals surface area contributed by atoms with Crippen molar-refractivity contribution in [3.63, 3.8) is 0 Å². The number of fused-ring (bicyclic) bond motifs is 1. The second kappa shape index (κ2) is 15.5. The first kappa shape index (κ1) is 37.9. The summed E-state index contributed by atoms with van der Waals surface area (Å²) in [6.45, 7) is 0.765. The average molecular weight is 820 g/mol. The summed E-state index contributed by atoms with van der Waals surface area (Å²) in [4.78, 5) is 33.4. The molecule has 4 aromatic carbocycles. The van der Waals surface area contributed by atoms with E-state index in [1.165, 1.54) is 37.8 Å². The van der Waals surface area contributed by atoms with Crippen molar-refractivity contribution >= 4 is 50.0 Å². The molecule has 1 aliphatic carbocycles. The number of sulfonamides is 1. The Kier molecular flexibility index (Phi) is 10.5. The van der Waals surface area contributed by atoms with E-state index in [4.69, 9.17) is 32.9 Å². The minimum atomic E-state index is -3.87. The molecule has 0 unspecified atom stereocenters. The van der Waals surface area contributed by atoms with Crippen LogP contribution in [0, 0.1) is 11.6 Å². The molecular weight excluding hydrogens is 785 g/mol. The fourth-order valence-electron chi connectivity index (χ4n) is 6.94. The van der Waals surface area contributed by atoms with Crippen LogP contribution >= 0.6 is 23.2 Å². The van der Waals surface area contributed by atoms with Crippen LogP contribution in [0.4, 0.5) is 8.78 Å². The van der Waals surface area contributed by atoms with Gasteiger partial charge in [0.05, 0.1) is 46.4 Å². The summed E-state index contributed by atoms with van der Waals surface area (Å²) in [5, 5.41) is 8.42. The van der Waals surface area contributed by atoms with E-state index in [2.05, 4.69) is 10.4 Å². The minimum Gasteiger partial charge on any atom is -0.379 e. The Labute approximate surface area is 330 Å². The third-order valence-electron chi connectivity index (χ3n) is 9.82. The summed E-state index contributed by atoms with van der Waals surface area (Å²) in [6.07, 6.45) is 3.60. The molecule has 1 amide bonds. The van der Waals surface area contributed by atoms with Gasteiger partial charge in [-0.2, -0.15) is 9.40 Å². The topological polar surface area (TPSA) is 128 Å². The highest BCUT2D eigenvalue weighted by atomic mass is 35.5. The van der Waals surface area contributed by atoms with Gasteiger partial charge in [-0.15, -0.1) is 0 Å². The Morgan fingerprint density at radius 1 is 0.929 bits per heavy atom. The second-order valence-corrected chi connectivity index (χ2v) is 16.5. The standard InChI is InChI=1S/C40H34Cl2F2N6O5S/c41-32-2-1-3-33(42)38(32)26-6-11-31-35(21-26)46-39(50(40(31)52)29-7-9-30(10-8-29)56(53,54)49-14-16-55-17-15-49)36(20-24-18-27(43)22-28(44)19-24)45-37(51)23-48-13-12-34(47-48)25-4-5-25/h1-3,6-13,18-19,21-22,25,36H,4-5,14-17,20,23H2,(H,45,51)/t36-/m0/s1. The van der Waals surface area contributed by atoms with Crippen LogP contribution in [0.1, 0.15) is 41.9 Å². The molecule has 0 bridgehead atoms. The van der Waals surface area contributed by atoms with Gasteiger partial charge in [-0.1, -0.05) is 35.3 Å². The predicted molar refractivity (Wildman–Crippen MR) is 208 cm³/mol. The van der Waals surface area contributed by atoms with Crippen molar-refractivity contribution in [2.45, 2.75) is 42.7 Å². The monoisotopic (exact) mass is 818 g/mol. The predicted octanol–water partition coefficient (Wildman–Crippen LogP) is 6.83. The van der Waals surface area contributed by atoms with Crippen LogP contribution in [0.5, 0.6) is 0 Å². The van der Waals surface area contributed by atoms with Gasteiger partial charge < -0.3 is 10.1 Å². The molecule has 0 radical (unpaired) electrons. The van der Waals surface area contributed by atoms with E-state index >= 15 is 0 Å². The first-order valence-electron chi connectivity index (χ1n) is 17.9. The maximum atomic E-state index is 14.7. The molecule has 1 atom stereocenters. The zero-order valence-electron chi connectivity index (χ0n) is 29.7. The van der Waals surface area contributed by atoms with Crippen molar-refractivity contribution in [3.8, 4) is 16.8 Å². The van der Waals surface area contributed by atoms with Gasteiger partial charge in [-0.25, -0.2) is 22.2 Å². The van der Waals surface area contributed by atoms with E-state index in [0.29, 0.717) is 27.1 Å². The van der Waals surface area contributed by atoms with Gasteiger partial charge in [0, 0.05) is 53.3 Å². The van der Waals surface area contributed by atoms with Crippen LogP contribution in [0.3, 0.4) is 0 Å². The fourth-order valence-corrected chi connectivity index (χ4v) is 8.96. The smallest absolute Gasteiger partial charge is 0.266 e. The second-order valence-electron chi connectivity index (χ2n) is 13.8. The molecule has 288 valence electrons. The van der Waals surface area contributed by atoms with Crippen molar-refractivity contribution in [2.75, 3.05) is 26.3 Å². The third-order valence-corrected chi connectivity index (χ3v) is 12.4. The van der Waals surface area contributed by atoms with E-state index in [1.807, 2.05) is 6.07 Å². The lowest BCUT2D eigenvalue weighted by Crippen LogP contribution is -2.40. The highest BCUT2D eigenvalue weighted by Gasteiger charge is 2.29. The van der Waals surface area contributed by atoms with Gasteiger partial charge >= 0.3 is 0 Å². The fraction of sp³-hybridized carbons (Fsp3) is 0.250. The van der Waals surface area contributed by atoms with E-state index in [9.17, 15) is 26.8 Å². The molecule has 2 aliphatic rings. The van der Waals surface area contributed by atoms with Crippen molar-refractivity contribution < 1.29 is 26.7 Å². The van der Waals surface area contributed by atoms with Crippen molar-refractivity contribution in [3.05, 3.63) is 140 Å². The molecule has 3 heterocycles. The molecule has 1 aliphatic heterocycles. The number of carbonyl (C=O) groups excluding carboxylic acids is 1. The van der Waals surface area contributed by atoms with Crippen LogP contribution in [-0.2, 0) is 32.5 Å². The van der Waals surface area contributed by atoms with Gasteiger partial charge in [0.15, 0.2) is 0 Å². The number of morpholine rings is 1. The summed E-state index contributed by atoms with van der Waals surface area (Å²) in [6, 6.07) is 19.5. The number of hydrogen-bond acceptors (Lipinski definition) is 7. The summed E-state index contributed by atoms with van der Waals surface area (Å²) < 4.78 is 65.5. The van der Waals surface area contributed by atoms with Gasteiger partial charge in [-0.3, -0.25) is 18.8 Å². The number of halogens is 4. The highest BCUT2D eigenvalue weighted by molar-refractivity contribution is 7.89. The number of carbonyl (C=O) groups is 1. The average Bonchev–Trinajstić information content (AvgIpc) is 3.92. The first-order valence-corrected chi connectivity index (χ1v) is 20.1. The molecular formula is C40H34Cl2F2N6O5S. The van der Waals surface area contributed by atoms with Crippen LogP contribution in [0.15, 0.2) is 101 Å². The highest BCUT2D eigenvalue weighted by Crippen LogP contribution is 2.39. The zero-order valence-corrected chi connectivity index (χ0v) is 32.0. The summed E-state index contributed by atoms with van der Waals surface area (Å²) in [5.74, 6) is -1.76. The lowest BCUT2D eigenvalue weighted by Gasteiger charge is -2.26. The maximum absolute atomic E-state index is 14.7. The van der Waals surface area contributed by atoms with Crippen LogP contribution in [0.2, 0.25) is 10.0 Å². The molecule has 2 fully saturated rings. The SMILES string of the molecule is O=C(Cn1ccc(C2CC2)n1)N[C@@H](Cc1cc(F)cc(F)c1)c1nc2cc(-c3c(Cl)cccc3Cl)ccc2c(=O)n1-c1ccc(S(=O)(=O)N2CCOCC2)cc1. The summed E-state index contributed by atoms with van der Waals surface area (Å²) in [5.41, 5.74) is 2.09. The maximum Gasteiger partial charge on any atom is 0.266 e. The number of nitrogens with zero attached hydrogens (tertiary/aromatic N) is 5. The molecule has 0 spiro atoms. The Morgan fingerprint density at radius 3 is 2.30 bits per heavy atom. The van der Waals surface area contributed by atoms with E-state index in [0.717, 1.165) is 36.7 Å². The first-order chi connectivity index (χ1) is 26.9. The molecule has 1 saturated heterocycles.